The first-order valence-electron chi connectivity index (χ1n) is 21.6. The molecule has 0 bridgehead atoms. The van der Waals surface area contributed by atoms with Crippen LogP contribution in [-0.4, -0.2) is 91.9 Å². The van der Waals surface area contributed by atoms with E-state index >= 15 is 0 Å². The molecular formula is C53H55DyN4O10. The number of ketones is 1. The van der Waals surface area contributed by atoms with Gasteiger partial charge in [0.1, 0.15) is 24.1 Å². The Morgan fingerprint density at radius 2 is 1.03 bits per heavy atom. The van der Waals surface area contributed by atoms with Gasteiger partial charge in [-0.1, -0.05) is 64.8 Å². The number of aldehydes is 2. The minimum atomic E-state index is -0.335. The molecule has 14 nitrogen and oxygen atoms in total. The maximum Gasteiger partial charge on any atom is 3.00 e. The van der Waals surface area contributed by atoms with Crippen LogP contribution in [0.4, 0.5) is 0 Å². The Hall–Kier alpha value is -5.96. The van der Waals surface area contributed by atoms with Crippen LogP contribution < -0.4 is 24.8 Å². The fourth-order valence-corrected chi connectivity index (χ4v) is 7.04. The molecule has 1 aliphatic heterocycles. The van der Waals surface area contributed by atoms with E-state index in [1.165, 1.54) is 0 Å². The van der Waals surface area contributed by atoms with E-state index in [-0.39, 0.29) is 72.3 Å². The van der Waals surface area contributed by atoms with Crippen molar-refractivity contribution in [2.45, 2.75) is 40.0 Å². The molecule has 1 aliphatic rings. The topological polar surface area (TPSA) is 190 Å². The monoisotopic (exact) mass is 1070 g/mol. The molecule has 0 amide bonds. The van der Waals surface area contributed by atoms with E-state index in [1.54, 1.807) is 87.3 Å². The van der Waals surface area contributed by atoms with E-state index in [0.717, 1.165) is 55.0 Å². The number of rotatable bonds is 18. The molecule has 1 saturated heterocycles. The number of pyridine rings is 2. The number of aromatic nitrogens is 2. The molecular weight excluding hydrogens is 1020 g/mol. The average Bonchev–Trinajstić information content (AvgIpc) is 3.36. The molecule has 6 aromatic rings. The van der Waals surface area contributed by atoms with Crippen molar-refractivity contribution in [3.63, 3.8) is 0 Å². The van der Waals surface area contributed by atoms with Crippen LogP contribution in [0.25, 0.3) is 5.76 Å². The van der Waals surface area contributed by atoms with Gasteiger partial charge in [-0.05, 0) is 109 Å². The Morgan fingerprint density at radius 3 is 1.38 bits per heavy atom. The van der Waals surface area contributed by atoms with Gasteiger partial charge in [-0.25, -0.2) is 0 Å². The summed E-state index contributed by atoms with van der Waals surface area (Å²) in [6.45, 7) is 9.60. The predicted octanol–water partition coefficient (Wildman–Crippen LogP) is 5.89. The van der Waals surface area contributed by atoms with Crippen LogP contribution in [0.1, 0.15) is 70.3 Å². The summed E-state index contributed by atoms with van der Waals surface area (Å²) in [6.07, 6.45) is 5.76. The van der Waals surface area contributed by atoms with Crippen LogP contribution in [0, 0.1) is 52.0 Å². The van der Waals surface area contributed by atoms with Crippen LogP contribution in [0.3, 0.4) is 0 Å². The molecule has 0 saturated carbocycles. The normalized spacial score (nSPS) is 12.1. The third kappa shape index (κ3) is 17.6. The summed E-state index contributed by atoms with van der Waals surface area (Å²) < 4.78 is 19.9. The van der Waals surface area contributed by atoms with E-state index < -0.39 is 0 Å². The minimum absolute atomic E-state index is 0. The first-order valence-corrected chi connectivity index (χ1v) is 21.6. The zero-order valence-electron chi connectivity index (χ0n) is 38.5. The number of nitrogens with zero attached hydrogens (tertiary/aromatic N) is 4. The van der Waals surface area contributed by atoms with E-state index in [2.05, 4.69) is 19.8 Å². The molecule has 1 radical (unpaired) electrons. The van der Waals surface area contributed by atoms with Gasteiger partial charge in [0.25, 0.3) is 0 Å². The molecule has 0 atom stereocenters. The summed E-state index contributed by atoms with van der Waals surface area (Å²) in [6, 6.07) is 31.5. The van der Waals surface area contributed by atoms with Gasteiger partial charge in [0, 0.05) is 68.4 Å². The van der Waals surface area contributed by atoms with E-state index in [1.807, 2.05) is 62.4 Å². The van der Waals surface area contributed by atoms with Crippen molar-refractivity contribution >= 4 is 24.1 Å². The molecule has 15 heteroatoms. The number of carbonyl (C=O) groups excluding carboxylic acids is 3. The Labute approximate surface area is 428 Å². The second-order valence-corrected chi connectivity index (χ2v) is 15.5. The van der Waals surface area contributed by atoms with Gasteiger partial charge in [0.2, 0.25) is 0 Å². The molecule has 68 heavy (non-hydrogen) atoms. The van der Waals surface area contributed by atoms with Gasteiger partial charge in [-0.3, -0.25) is 34.2 Å². The number of methoxy groups -OCH3 is 2. The van der Waals surface area contributed by atoms with Crippen molar-refractivity contribution in [2.24, 2.45) is 0 Å². The summed E-state index contributed by atoms with van der Waals surface area (Å²) in [5.41, 5.74) is 5.68. The predicted molar refractivity (Wildman–Crippen MR) is 249 cm³/mol. The van der Waals surface area contributed by atoms with Crippen molar-refractivity contribution in [3.05, 3.63) is 184 Å². The maximum absolute atomic E-state index is 12.9. The SMILES string of the molecule is C1COCCO1.COc1ccc(C(=O)/C=C(\[O-])c2ccc(OC)cc2)cc1.Cc1cc(C=O)c([O-])c(CN(CCN(Cc2ccccn2)Cc2cc(C)cc(C=O)c2[O-])Cc2ccccn2)c1.[Dy+3]. The third-order valence-corrected chi connectivity index (χ3v) is 10.4. The summed E-state index contributed by atoms with van der Waals surface area (Å²) in [5.74, 6) is 0.112. The van der Waals surface area contributed by atoms with Crippen LogP contribution in [0.5, 0.6) is 23.0 Å². The molecule has 1 fully saturated rings. The van der Waals surface area contributed by atoms with Crippen LogP contribution in [0.2, 0.25) is 0 Å². The van der Waals surface area contributed by atoms with Gasteiger partial charge in [0.05, 0.1) is 52.0 Å². The minimum Gasteiger partial charge on any atom is -0.872 e. The molecule has 0 unspecified atom stereocenters. The number of carbonyl (C=O) groups is 3. The van der Waals surface area contributed by atoms with Crippen LogP contribution >= 0.6 is 0 Å². The van der Waals surface area contributed by atoms with Crippen molar-refractivity contribution in [1.82, 2.24) is 19.8 Å². The Balaban J connectivity index is 0.000000298. The first-order chi connectivity index (χ1) is 32.5. The van der Waals surface area contributed by atoms with Crippen molar-refractivity contribution in [1.29, 1.82) is 0 Å². The fourth-order valence-electron chi connectivity index (χ4n) is 7.04. The quantitative estimate of drug-likeness (QED) is 0.0429. The Morgan fingerprint density at radius 1 is 0.618 bits per heavy atom. The Bertz CT molecular complexity index is 2400. The number of hydrogen-bond donors (Lipinski definition) is 0. The zero-order chi connectivity index (χ0) is 48.0. The second-order valence-electron chi connectivity index (χ2n) is 15.5. The van der Waals surface area contributed by atoms with Gasteiger partial charge in [0.15, 0.2) is 5.78 Å². The van der Waals surface area contributed by atoms with Crippen molar-refractivity contribution < 1.29 is 86.8 Å². The standard InChI is InChI=1S/C32H34N4O4.C17H16O4.C4H8O2.Dy/c1-23-13-25(31(39)27(15-23)21-37)17-35(19-29-7-3-5-9-33-29)11-12-36(20-30-8-4-6-10-34-30)18-26-14-24(2)16-28(22-38)32(26)40;1-20-14-7-3-12(4-8-14)16(18)11-17(19)13-5-9-15(21-2)10-6-13;1-2-6-4-3-5-1;/h3-10,13-16,21-22,39-40H,11-12,17-20H2,1-2H3;3-11,18H,1-2H3;1-4H2;/q;;;+3/p-3/b;16-11-;;. The summed E-state index contributed by atoms with van der Waals surface area (Å²) in [4.78, 5) is 48.1. The molecule has 7 rings (SSSR count). The van der Waals surface area contributed by atoms with Crippen molar-refractivity contribution in [3.8, 4) is 23.0 Å². The second kappa shape index (κ2) is 29.0. The molecule has 0 N–H and O–H groups in total. The molecule has 2 aromatic heterocycles. The van der Waals surface area contributed by atoms with Crippen LogP contribution in [0.15, 0.2) is 128 Å². The third-order valence-electron chi connectivity index (χ3n) is 10.4. The number of aryl methyl sites for hydroxylation is 2. The summed E-state index contributed by atoms with van der Waals surface area (Å²) in [5, 5.41) is 37.9. The fraction of sp³-hybridized carbons (Fsp3) is 0.264. The smallest absolute Gasteiger partial charge is 0.872 e. The first kappa shape index (κ1) is 54.6. The van der Waals surface area contributed by atoms with Crippen LogP contribution in [-0.2, 0) is 35.7 Å². The summed E-state index contributed by atoms with van der Waals surface area (Å²) in [7, 11) is 3.10. The number of allylic oxidation sites excluding steroid dienone is 1. The summed E-state index contributed by atoms with van der Waals surface area (Å²) >= 11 is 0. The van der Waals surface area contributed by atoms with Gasteiger partial charge in [-0.2, -0.15) is 0 Å². The van der Waals surface area contributed by atoms with E-state index in [4.69, 9.17) is 18.9 Å². The number of hydrogen-bond acceptors (Lipinski definition) is 14. The maximum atomic E-state index is 12.9. The molecule has 3 heterocycles. The molecule has 0 aliphatic carbocycles. The average molecular weight is 1070 g/mol. The van der Waals surface area contributed by atoms with E-state index in [9.17, 15) is 29.7 Å². The Kier molecular flexibility index (Phi) is 23.3. The van der Waals surface area contributed by atoms with Gasteiger partial charge >= 0.3 is 38.2 Å². The molecule has 0 spiro atoms. The number of ether oxygens (including phenoxy) is 4. The van der Waals surface area contributed by atoms with Gasteiger partial charge in [-0.15, -0.1) is 0 Å². The molecule has 357 valence electrons. The van der Waals surface area contributed by atoms with E-state index in [0.29, 0.717) is 85.6 Å². The number of benzene rings is 4. The molecule has 4 aromatic carbocycles. The van der Waals surface area contributed by atoms with Gasteiger partial charge < -0.3 is 34.3 Å². The zero-order valence-corrected chi connectivity index (χ0v) is 40.6. The van der Waals surface area contributed by atoms with Crippen molar-refractivity contribution in [2.75, 3.05) is 53.7 Å². The largest absolute Gasteiger partial charge is 3.00 e.